The molecule has 4 rings (SSSR count). The lowest BCUT2D eigenvalue weighted by Gasteiger charge is -2.28. The van der Waals surface area contributed by atoms with E-state index >= 15 is 0 Å². The fraction of sp³-hybridized carbons (Fsp3) is 0.304. The van der Waals surface area contributed by atoms with Crippen LogP contribution >= 0.6 is 0 Å². The van der Waals surface area contributed by atoms with Crippen molar-refractivity contribution in [1.82, 2.24) is 9.47 Å². The molecule has 1 aliphatic heterocycles. The van der Waals surface area contributed by atoms with Crippen molar-refractivity contribution in [2.24, 2.45) is 7.05 Å². The first-order valence-electron chi connectivity index (χ1n) is 10.5. The van der Waals surface area contributed by atoms with E-state index in [4.69, 9.17) is 24.0 Å². The molecule has 9 nitrogen and oxygen atoms in total. The summed E-state index contributed by atoms with van der Waals surface area (Å²) in [6.07, 6.45) is 4.09. The molecule has 1 aromatic heterocycles. The lowest BCUT2D eigenvalue weighted by Crippen LogP contribution is -2.29. The molecule has 2 heterocycles. The van der Waals surface area contributed by atoms with Crippen molar-refractivity contribution >= 4 is 33.0 Å². The van der Waals surface area contributed by atoms with Crippen LogP contribution in [0.2, 0.25) is 0 Å². The maximum atomic E-state index is 13.9. The zero-order valence-corrected chi connectivity index (χ0v) is 19.8. The molecule has 188 valence electrons. The molecule has 2 aromatic carbocycles. The van der Waals surface area contributed by atoms with Gasteiger partial charge in [-0.25, -0.2) is 18.4 Å². The van der Waals surface area contributed by atoms with Crippen molar-refractivity contribution in [3.63, 3.8) is 0 Å². The number of aryl methyl sites for hydroxylation is 1. The maximum absolute atomic E-state index is 13.9. The first-order valence-corrected chi connectivity index (χ1v) is 11.9. The Balaban J connectivity index is 0.000000509. The maximum Gasteiger partial charge on any atom is 0.414 e. The number of aromatic nitrogens is 1. The molecule has 0 unspecified atom stereocenters. The Kier molecular flexibility index (Phi) is 7.76. The molecule has 0 bridgehead atoms. The van der Waals surface area contributed by atoms with E-state index in [-0.39, 0.29) is 5.75 Å². The number of nitrogens with zero attached hydrogens (tertiary/aromatic N) is 2. The van der Waals surface area contributed by atoms with Crippen LogP contribution in [0.5, 0.6) is 5.75 Å². The summed E-state index contributed by atoms with van der Waals surface area (Å²) in [5.41, 5.74) is 2.08. The number of carbonyl (C=O) groups is 2. The second-order valence-corrected chi connectivity index (χ2v) is 9.63. The Hall–Kier alpha value is -3.51. The monoisotopic (exact) mass is 510 g/mol. The van der Waals surface area contributed by atoms with Crippen LogP contribution in [0.1, 0.15) is 24.3 Å². The van der Waals surface area contributed by atoms with Gasteiger partial charge in [0, 0.05) is 24.1 Å². The average molecular weight is 511 g/mol. The van der Waals surface area contributed by atoms with Gasteiger partial charge in [0.15, 0.2) is 4.90 Å². The molecule has 35 heavy (non-hydrogen) atoms. The van der Waals surface area contributed by atoms with Gasteiger partial charge in [0.1, 0.15) is 17.4 Å². The van der Waals surface area contributed by atoms with Gasteiger partial charge in [-0.3, -0.25) is 0 Å². The van der Waals surface area contributed by atoms with Crippen LogP contribution in [0.25, 0.3) is 10.9 Å². The van der Waals surface area contributed by atoms with Crippen LogP contribution < -0.4 is 4.18 Å². The Morgan fingerprint density at radius 3 is 2.11 bits per heavy atom. The highest BCUT2D eigenvalue weighted by Crippen LogP contribution is 2.36. The first-order chi connectivity index (χ1) is 16.4. The molecule has 1 aliphatic rings. The summed E-state index contributed by atoms with van der Waals surface area (Å²) in [5.74, 6) is -5.62. The summed E-state index contributed by atoms with van der Waals surface area (Å²) in [6.45, 7) is 2.00. The van der Waals surface area contributed by atoms with Crippen LogP contribution in [-0.4, -0.2) is 60.2 Å². The third-order valence-electron chi connectivity index (χ3n) is 5.71. The van der Waals surface area contributed by atoms with E-state index in [2.05, 4.69) is 18.1 Å². The summed E-state index contributed by atoms with van der Waals surface area (Å²) in [4.78, 5) is 19.4. The summed E-state index contributed by atoms with van der Waals surface area (Å²) in [5, 5.41) is 15.7. The number of piperidine rings is 1. The number of hydrogen-bond donors (Lipinski definition) is 2. The lowest BCUT2D eigenvalue weighted by atomic mass is 9.89. The minimum Gasteiger partial charge on any atom is -0.473 e. The molecule has 3 aromatic rings. The van der Waals surface area contributed by atoms with Gasteiger partial charge in [-0.2, -0.15) is 8.42 Å². The van der Waals surface area contributed by atoms with Gasteiger partial charge in [0.05, 0.1) is 0 Å². The molecule has 0 aliphatic carbocycles. The second kappa shape index (κ2) is 10.4. The number of likely N-dealkylation sites (tertiary alicyclic amines) is 1. The van der Waals surface area contributed by atoms with Gasteiger partial charge in [-0.1, -0.05) is 6.07 Å². The SMILES string of the molecule is CN1CCC(c2cn(C)c3ccc(OS(=O)(=O)c4c(F)cccc4F)cc23)CC1.O=C(O)C(=O)O. The fourth-order valence-corrected chi connectivity index (χ4v) is 5.04. The van der Waals surface area contributed by atoms with Gasteiger partial charge in [-0.05, 0) is 74.8 Å². The minimum absolute atomic E-state index is 0.0283. The van der Waals surface area contributed by atoms with Gasteiger partial charge in [-0.15, -0.1) is 0 Å². The third-order valence-corrected chi connectivity index (χ3v) is 7.01. The van der Waals surface area contributed by atoms with E-state index in [0.717, 1.165) is 60.6 Å². The van der Waals surface area contributed by atoms with Gasteiger partial charge in [0.25, 0.3) is 0 Å². The molecule has 0 atom stereocenters. The van der Waals surface area contributed by atoms with E-state index in [1.807, 2.05) is 11.6 Å². The molecule has 0 spiro atoms. The summed E-state index contributed by atoms with van der Waals surface area (Å²) in [6, 6.07) is 7.77. The van der Waals surface area contributed by atoms with E-state index in [1.54, 1.807) is 12.1 Å². The van der Waals surface area contributed by atoms with Crippen LogP contribution in [0, 0.1) is 11.6 Å². The third kappa shape index (κ3) is 5.95. The van der Waals surface area contributed by atoms with Gasteiger partial charge < -0.3 is 23.9 Å². The van der Waals surface area contributed by atoms with E-state index < -0.39 is 38.6 Å². The molecule has 2 N–H and O–H groups in total. The number of hydrogen-bond acceptors (Lipinski definition) is 6. The van der Waals surface area contributed by atoms with Crippen LogP contribution in [-0.2, 0) is 26.8 Å². The Labute approximate surface area is 200 Å². The predicted molar refractivity (Wildman–Crippen MR) is 122 cm³/mol. The zero-order chi connectivity index (χ0) is 25.9. The molecular formula is C23H24F2N2O7S. The standard InChI is InChI=1S/C21H22F2N2O3S.C2H2O4/c1-24-10-8-14(9-11-24)17-13-25(2)20-7-6-15(12-16(17)20)28-29(26,27)21-18(22)4-3-5-19(21)23;3-1(4)2(5)6/h3-7,12-14H,8-11H2,1-2H3;(H,3,4)(H,5,6). The van der Waals surface area contributed by atoms with Crippen molar-refractivity contribution < 1.29 is 41.2 Å². The van der Waals surface area contributed by atoms with Gasteiger partial charge >= 0.3 is 22.1 Å². The second-order valence-electron chi connectivity index (χ2n) is 8.15. The van der Waals surface area contributed by atoms with Gasteiger partial charge in [0.2, 0.25) is 0 Å². The minimum atomic E-state index is -4.64. The highest BCUT2D eigenvalue weighted by Gasteiger charge is 2.27. The van der Waals surface area contributed by atoms with Crippen molar-refractivity contribution in [3.05, 3.63) is 59.8 Å². The Morgan fingerprint density at radius 2 is 1.57 bits per heavy atom. The largest absolute Gasteiger partial charge is 0.473 e. The lowest BCUT2D eigenvalue weighted by molar-refractivity contribution is -0.159. The topological polar surface area (TPSA) is 126 Å². The Bertz CT molecular complexity index is 1330. The molecule has 0 radical (unpaired) electrons. The summed E-state index contributed by atoms with van der Waals surface area (Å²) in [7, 11) is -0.612. The summed E-state index contributed by atoms with van der Waals surface area (Å²) >= 11 is 0. The van der Waals surface area contributed by atoms with Crippen LogP contribution in [0.3, 0.4) is 0 Å². The van der Waals surface area contributed by atoms with Crippen molar-refractivity contribution in [2.75, 3.05) is 20.1 Å². The highest BCUT2D eigenvalue weighted by molar-refractivity contribution is 7.87. The van der Waals surface area contributed by atoms with E-state index in [1.165, 1.54) is 6.07 Å². The fourth-order valence-electron chi connectivity index (χ4n) is 3.99. The normalized spacial score (nSPS) is 14.9. The number of aliphatic carboxylic acids is 2. The first kappa shape index (κ1) is 26.1. The number of halogens is 2. The summed E-state index contributed by atoms with van der Waals surface area (Å²) < 4.78 is 60.0. The molecule has 1 saturated heterocycles. The zero-order valence-electron chi connectivity index (χ0n) is 18.9. The Morgan fingerprint density at radius 1 is 1.00 bits per heavy atom. The molecular weight excluding hydrogens is 486 g/mol. The average Bonchev–Trinajstić information content (AvgIpc) is 3.10. The highest BCUT2D eigenvalue weighted by atomic mass is 32.2. The van der Waals surface area contributed by atoms with Crippen molar-refractivity contribution in [2.45, 2.75) is 23.7 Å². The number of carboxylic acids is 2. The van der Waals surface area contributed by atoms with Crippen LogP contribution in [0.15, 0.2) is 47.5 Å². The molecule has 0 saturated carbocycles. The quantitative estimate of drug-likeness (QED) is 0.405. The molecule has 0 amide bonds. The van der Waals surface area contributed by atoms with Crippen LogP contribution in [0.4, 0.5) is 8.78 Å². The van der Waals surface area contributed by atoms with E-state index in [9.17, 15) is 17.2 Å². The number of rotatable bonds is 4. The van der Waals surface area contributed by atoms with Crippen molar-refractivity contribution in [3.8, 4) is 5.75 Å². The molecule has 12 heteroatoms. The van der Waals surface area contributed by atoms with Crippen molar-refractivity contribution in [1.29, 1.82) is 0 Å². The molecule has 1 fully saturated rings. The number of carboxylic acid groups (broad SMARTS) is 2. The van der Waals surface area contributed by atoms with E-state index in [0.29, 0.717) is 5.92 Å². The predicted octanol–water partition coefficient (Wildman–Crippen LogP) is 3.19. The number of fused-ring (bicyclic) bond motifs is 1. The number of benzene rings is 2. The smallest absolute Gasteiger partial charge is 0.414 e.